The minimum atomic E-state index is -0.626. The van der Waals surface area contributed by atoms with Crippen LogP contribution in [-0.4, -0.2) is 18.3 Å². The van der Waals surface area contributed by atoms with E-state index in [-0.39, 0.29) is 18.3 Å². The molecule has 0 aliphatic heterocycles. The minimum Gasteiger partial charge on any atom is -0.312 e. The highest BCUT2D eigenvalue weighted by Gasteiger charge is 2.28. The van der Waals surface area contributed by atoms with E-state index in [1.807, 2.05) is 51.1 Å². The van der Waals surface area contributed by atoms with E-state index < -0.39 is 5.41 Å². The number of ketones is 1. The van der Waals surface area contributed by atoms with Gasteiger partial charge in [0.1, 0.15) is 0 Å². The number of aliphatic imine (C=N–C) groups is 1. The number of nitrogens with zero attached hydrogens (tertiary/aromatic N) is 2. The minimum absolute atomic E-state index is 0.155. The number of rotatable bonds is 5. The Hall–Kier alpha value is -2.08. The Morgan fingerprint density at radius 2 is 1.77 bits per heavy atom. The van der Waals surface area contributed by atoms with Crippen molar-refractivity contribution in [1.29, 1.82) is 0 Å². The number of para-hydroxylation sites is 1. The second-order valence-corrected chi connectivity index (χ2v) is 7.51. The van der Waals surface area contributed by atoms with Crippen LogP contribution >= 0.6 is 23.2 Å². The predicted octanol–water partition coefficient (Wildman–Crippen LogP) is 4.57. The average molecular weight is 393 g/mol. The van der Waals surface area contributed by atoms with Gasteiger partial charge < -0.3 is 5.73 Å². The van der Waals surface area contributed by atoms with Crippen LogP contribution in [0.15, 0.2) is 53.5 Å². The first-order valence-corrected chi connectivity index (χ1v) is 8.86. The third-order valence-corrected chi connectivity index (χ3v) is 4.27. The molecule has 0 amide bonds. The lowest BCUT2D eigenvalue weighted by molar-refractivity contribution is -0.119. The molecule has 0 aliphatic carbocycles. The molecule has 7 heteroatoms. The first-order valence-electron chi connectivity index (χ1n) is 8.10. The normalized spacial score (nSPS) is 12.0. The highest BCUT2D eigenvalue weighted by Crippen LogP contribution is 2.27. The zero-order valence-electron chi connectivity index (χ0n) is 15.0. The number of nitrogens with one attached hydrogen (secondary N) is 1. The summed E-state index contributed by atoms with van der Waals surface area (Å²) >= 11 is 12.0. The number of carbonyl (C=O) groups is 1. The predicted molar refractivity (Wildman–Crippen MR) is 109 cm³/mol. The van der Waals surface area contributed by atoms with Crippen molar-refractivity contribution in [2.75, 3.05) is 11.7 Å². The Balaban J connectivity index is 2.42. The molecular formula is C19H22Cl2N4O. The molecule has 2 rings (SSSR count). The van der Waals surface area contributed by atoms with Gasteiger partial charge in [0, 0.05) is 5.41 Å². The van der Waals surface area contributed by atoms with Gasteiger partial charge in [0.15, 0.2) is 5.84 Å². The lowest BCUT2D eigenvalue weighted by atomic mass is 9.90. The second-order valence-electron chi connectivity index (χ2n) is 6.70. The molecule has 0 saturated heterocycles. The standard InChI is InChI=1S/C19H22Cl2N4O/c1-19(2,3)17(26)18(23-13-9-10-15(20)16(21)11-13)24-25(12-22)14-7-5-4-6-8-14/h4-11H,12,22H2,1-3H3,(H,23,24). The number of nitrogens with two attached hydrogens (primary N) is 1. The number of carbonyl (C=O) groups excluding carboxylic acids is 1. The van der Waals surface area contributed by atoms with Crippen molar-refractivity contribution in [2.24, 2.45) is 16.1 Å². The van der Waals surface area contributed by atoms with Gasteiger partial charge in [0.25, 0.3) is 0 Å². The maximum Gasteiger partial charge on any atom is 0.204 e. The number of amidine groups is 1. The van der Waals surface area contributed by atoms with Crippen molar-refractivity contribution in [3.8, 4) is 0 Å². The van der Waals surface area contributed by atoms with Crippen molar-refractivity contribution in [1.82, 2.24) is 5.43 Å². The van der Waals surface area contributed by atoms with Gasteiger partial charge in [-0.2, -0.15) is 0 Å². The number of hydrogen-bond acceptors (Lipinski definition) is 4. The lowest BCUT2D eigenvalue weighted by Crippen LogP contribution is -2.50. The van der Waals surface area contributed by atoms with Crippen LogP contribution in [0.25, 0.3) is 0 Å². The van der Waals surface area contributed by atoms with E-state index in [1.165, 1.54) is 0 Å². The van der Waals surface area contributed by atoms with Gasteiger partial charge in [-0.3, -0.25) is 15.2 Å². The summed E-state index contributed by atoms with van der Waals surface area (Å²) in [6.07, 6.45) is 0. The van der Waals surface area contributed by atoms with Gasteiger partial charge in [-0.15, -0.1) is 0 Å². The van der Waals surface area contributed by atoms with Crippen molar-refractivity contribution >= 4 is 46.2 Å². The molecular weight excluding hydrogens is 371 g/mol. The van der Waals surface area contributed by atoms with Gasteiger partial charge in [-0.1, -0.05) is 62.2 Å². The van der Waals surface area contributed by atoms with Gasteiger partial charge in [0.05, 0.1) is 28.1 Å². The third kappa shape index (κ3) is 5.21. The molecule has 0 aliphatic rings. The van der Waals surface area contributed by atoms with Crippen LogP contribution in [0.1, 0.15) is 20.8 Å². The van der Waals surface area contributed by atoms with Crippen molar-refractivity contribution < 1.29 is 4.79 Å². The molecule has 2 aromatic rings. The summed E-state index contributed by atoms with van der Waals surface area (Å²) in [5, 5.41) is 2.45. The van der Waals surface area contributed by atoms with E-state index in [4.69, 9.17) is 28.9 Å². The lowest BCUT2D eigenvalue weighted by Gasteiger charge is -2.27. The summed E-state index contributed by atoms with van der Waals surface area (Å²) in [7, 11) is 0. The molecule has 0 fully saturated rings. The maximum absolute atomic E-state index is 12.9. The molecule has 0 unspecified atom stereocenters. The molecule has 0 radical (unpaired) electrons. The second kappa shape index (κ2) is 8.54. The van der Waals surface area contributed by atoms with Crippen LogP contribution in [0.4, 0.5) is 11.4 Å². The third-order valence-electron chi connectivity index (χ3n) is 3.53. The number of benzene rings is 2. The fraction of sp³-hybridized carbons (Fsp3) is 0.263. The summed E-state index contributed by atoms with van der Waals surface area (Å²) in [6.45, 7) is 5.64. The molecule has 2 aromatic carbocycles. The van der Waals surface area contributed by atoms with Gasteiger partial charge >= 0.3 is 0 Å². The maximum atomic E-state index is 12.9. The first-order chi connectivity index (χ1) is 12.2. The van der Waals surface area contributed by atoms with Crippen LogP contribution in [-0.2, 0) is 4.79 Å². The molecule has 26 heavy (non-hydrogen) atoms. The molecule has 0 aromatic heterocycles. The summed E-state index contributed by atoms with van der Waals surface area (Å²) in [4.78, 5) is 17.3. The van der Waals surface area contributed by atoms with E-state index in [0.29, 0.717) is 15.7 Å². The summed E-state index contributed by atoms with van der Waals surface area (Å²) in [5.74, 6) is 0.0168. The Morgan fingerprint density at radius 1 is 1.12 bits per heavy atom. The number of Topliss-reactive ketones (excluding diaryl/α,β-unsaturated/α-hetero) is 1. The van der Waals surface area contributed by atoms with Crippen molar-refractivity contribution in [3.63, 3.8) is 0 Å². The Labute approximate surface area is 163 Å². The molecule has 138 valence electrons. The summed E-state index contributed by atoms with van der Waals surface area (Å²) in [6, 6.07) is 14.4. The van der Waals surface area contributed by atoms with Crippen LogP contribution in [0.5, 0.6) is 0 Å². The smallest absolute Gasteiger partial charge is 0.204 e. The largest absolute Gasteiger partial charge is 0.312 e. The number of hydrogen-bond donors (Lipinski definition) is 2. The average Bonchev–Trinajstić information content (AvgIpc) is 2.61. The zero-order valence-corrected chi connectivity index (χ0v) is 16.5. The van der Waals surface area contributed by atoms with Crippen LogP contribution in [0.2, 0.25) is 10.0 Å². The van der Waals surface area contributed by atoms with E-state index >= 15 is 0 Å². The summed E-state index contributed by atoms with van der Waals surface area (Å²) in [5.41, 5.74) is 9.61. The van der Waals surface area contributed by atoms with E-state index in [0.717, 1.165) is 5.69 Å². The molecule has 0 spiro atoms. The van der Waals surface area contributed by atoms with Crippen LogP contribution in [0, 0.1) is 5.41 Å². The van der Waals surface area contributed by atoms with Crippen LogP contribution in [0.3, 0.4) is 0 Å². The molecule has 5 nitrogen and oxygen atoms in total. The fourth-order valence-electron chi connectivity index (χ4n) is 2.12. The van der Waals surface area contributed by atoms with Gasteiger partial charge in [-0.25, -0.2) is 4.99 Å². The van der Waals surface area contributed by atoms with Gasteiger partial charge in [0.2, 0.25) is 5.78 Å². The molecule has 0 bridgehead atoms. The number of hydrazine groups is 1. The first kappa shape index (κ1) is 20.2. The van der Waals surface area contributed by atoms with Crippen molar-refractivity contribution in [3.05, 3.63) is 58.6 Å². The molecule has 0 saturated carbocycles. The van der Waals surface area contributed by atoms with Crippen LogP contribution < -0.4 is 16.2 Å². The quantitative estimate of drug-likeness (QED) is 0.338. The number of anilines is 1. The monoisotopic (exact) mass is 392 g/mol. The molecule has 0 atom stereocenters. The summed E-state index contributed by atoms with van der Waals surface area (Å²) < 4.78 is 0. The Kier molecular flexibility index (Phi) is 6.64. The SMILES string of the molecule is CC(C)(C)C(=O)C(=Nc1ccc(Cl)c(Cl)c1)NN(CN)c1ccccc1. The molecule has 3 N–H and O–H groups in total. The van der Waals surface area contributed by atoms with E-state index in [9.17, 15) is 4.79 Å². The number of halogens is 2. The Morgan fingerprint density at radius 3 is 2.31 bits per heavy atom. The topological polar surface area (TPSA) is 70.7 Å². The van der Waals surface area contributed by atoms with Gasteiger partial charge in [-0.05, 0) is 30.3 Å². The zero-order chi connectivity index (χ0) is 19.3. The van der Waals surface area contributed by atoms with E-state index in [1.54, 1.807) is 23.2 Å². The van der Waals surface area contributed by atoms with Crippen molar-refractivity contribution in [2.45, 2.75) is 20.8 Å². The fourth-order valence-corrected chi connectivity index (χ4v) is 2.41. The highest BCUT2D eigenvalue weighted by atomic mass is 35.5. The van der Waals surface area contributed by atoms with E-state index in [2.05, 4.69) is 10.4 Å². The Bertz CT molecular complexity index is 801. The molecule has 0 heterocycles. The highest BCUT2D eigenvalue weighted by molar-refractivity contribution is 6.42.